The van der Waals surface area contributed by atoms with Crippen molar-refractivity contribution in [1.29, 1.82) is 0 Å². The highest BCUT2D eigenvalue weighted by Crippen LogP contribution is 2.27. The standard InChI is InChI=1S/C17H16ClNO4/c1-10-6-11(2)16(14(18)7-10)19-15(21)9-23-17(22)12-4-3-5-13(20)8-12/h3-8,20H,9H2,1-2H3,(H,19,21). The van der Waals surface area contributed by atoms with Crippen LogP contribution in [0.25, 0.3) is 0 Å². The van der Waals surface area contributed by atoms with Gasteiger partial charge in [0.05, 0.1) is 16.3 Å². The molecule has 0 saturated carbocycles. The normalized spacial score (nSPS) is 10.2. The molecule has 6 heteroatoms. The second-order valence-electron chi connectivity index (χ2n) is 5.11. The zero-order valence-corrected chi connectivity index (χ0v) is 13.5. The number of esters is 1. The highest BCUT2D eigenvalue weighted by molar-refractivity contribution is 6.34. The number of phenols is 1. The summed E-state index contributed by atoms with van der Waals surface area (Å²) in [6.07, 6.45) is 0. The van der Waals surface area contributed by atoms with Crippen LogP contribution in [0.1, 0.15) is 21.5 Å². The molecule has 0 fully saturated rings. The third kappa shape index (κ3) is 4.47. The lowest BCUT2D eigenvalue weighted by molar-refractivity contribution is -0.119. The van der Waals surface area contributed by atoms with E-state index >= 15 is 0 Å². The Bertz CT molecular complexity index is 735. The van der Waals surface area contributed by atoms with E-state index in [0.29, 0.717) is 10.7 Å². The summed E-state index contributed by atoms with van der Waals surface area (Å²) in [6, 6.07) is 9.33. The molecule has 120 valence electrons. The summed E-state index contributed by atoms with van der Waals surface area (Å²) in [7, 11) is 0. The van der Waals surface area contributed by atoms with E-state index in [2.05, 4.69) is 5.32 Å². The van der Waals surface area contributed by atoms with Gasteiger partial charge in [-0.2, -0.15) is 0 Å². The first-order chi connectivity index (χ1) is 10.9. The van der Waals surface area contributed by atoms with Gasteiger partial charge in [-0.15, -0.1) is 0 Å². The van der Waals surface area contributed by atoms with Gasteiger partial charge < -0.3 is 15.2 Å². The fraction of sp³-hybridized carbons (Fsp3) is 0.176. The molecule has 0 heterocycles. The maximum absolute atomic E-state index is 11.9. The van der Waals surface area contributed by atoms with Gasteiger partial charge in [0.15, 0.2) is 6.61 Å². The topological polar surface area (TPSA) is 75.6 Å². The first kappa shape index (κ1) is 16.8. The number of aromatic hydroxyl groups is 1. The Balaban J connectivity index is 1.97. The van der Waals surface area contributed by atoms with Gasteiger partial charge in [-0.3, -0.25) is 4.79 Å². The molecule has 1 amide bonds. The summed E-state index contributed by atoms with van der Waals surface area (Å²) in [5.41, 5.74) is 2.47. The summed E-state index contributed by atoms with van der Waals surface area (Å²) in [6.45, 7) is 3.28. The maximum Gasteiger partial charge on any atom is 0.338 e. The molecule has 0 bridgehead atoms. The number of ether oxygens (including phenoxy) is 1. The molecule has 0 aliphatic rings. The number of carbonyl (C=O) groups excluding carboxylic acids is 2. The van der Waals surface area contributed by atoms with Crippen LogP contribution in [0.15, 0.2) is 36.4 Å². The van der Waals surface area contributed by atoms with Crippen LogP contribution in [0.5, 0.6) is 5.75 Å². The number of anilines is 1. The summed E-state index contributed by atoms with van der Waals surface area (Å²) in [4.78, 5) is 23.7. The Morgan fingerprint density at radius 3 is 2.61 bits per heavy atom. The molecule has 0 aromatic heterocycles. The first-order valence-electron chi connectivity index (χ1n) is 6.89. The number of phenolic OH excluding ortho intramolecular Hbond substituents is 1. The lowest BCUT2D eigenvalue weighted by Gasteiger charge is -2.11. The van der Waals surface area contributed by atoms with Crippen LogP contribution >= 0.6 is 11.6 Å². The predicted octanol–water partition coefficient (Wildman–Crippen LogP) is 3.46. The van der Waals surface area contributed by atoms with E-state index in [9.17, 15) is 14.7 Å². The molecule has 2 aromatic rings. The second kappa shape index (κ2) is 7.15. The summed E-state index contributed by atoms with van der Waals surface area (Å²) < 4.78 is 4.92. The van der Waals surface area contributed by atoms with Gasteiger partial charge in [0, 0.05) is 0 Å². The van der Waals surface area contributed by atoms with Crippen molar-refractivity contribution in [1.82, 2.24) is 0 Å². The Morgan fingerprint density at radius 1 is 1.22 bits per heavy atom. The molecule has 0 atom stereocenters. The molecule has 2 aromatic carbocycles. The van der Waals surface area contributed by atoms with Crippen molar-refractivity contribution in [3.05, 3.63) is 58.1 Å². The minimum atomic E-state index is -0.692. The summed E-state index contributed by atoms with van der Waals surface area (Å²) in [5.74, 6) is -1.24. The Labute approximate surface area is 138 Å². The number of carbonyl (C=O) groups is 2. The Kier molecular flexibility index (Phi) is 5.24. The average Bonchev–Trinajstić information content (AvgIpc) is 2.48. The van der Waals surface area contributed by atoms with E-state index in [1.807, 2.05) is 19.9 Å². The lowest BCUT2D eigenvalue weighted by Crippen LogP contribution is -2.21. The zero-order chi connectivity index (χ0) is 17.0. The van der Waals surface area contributed by atoms with Crippen LogP contribution in [0.3, 0.4) is 0 Å². The Morgan fingerprint density at radius 2 is 1.96 bits per heavy atom. The van der Waals surface area contributed by atoms with Crippen LogP contribution in [-0.4, -0.2) is 23.6 Å². The van der Waals surface area contributed by atoms with Gasteiger partial charge >= 0.3 is 5.97 Å². The third-order valence-electron chi connectivity index (χ3n) is 3.11. The fourth-order valence-corrected chi connectivity index (χ4v) is 2.47. The predicted molar refractivity (Wildman–Crippen MR) is 87.9 cm³/mol. The molecular weight excluding hydrogens is 318 g/mol. The molecule has 0 aliphatic carbocycles. The monoisotopic (exact) mass is 333 g/mol. The van der Waals surface area contributed by atoms with Crippen molar-refractivity contribution in [2.24, 2.45) is 0 Å². The average molecular weight is 334 g/mol. The highest BCUT2D eigenvalue weighted by atomic mass is 35.5. The lowest BCUT2D eigenvalue weighted by atomic mass is 10.1. The number of rotatable bonds is 4. The second-order valence-corrected chi connectivity index (χ2v) is 5.52. The highest BCUT2D eigenvalue weighted by Gasteiger charge is 2.13. The van der Waals surface area contributed by atoms with Crippen LogP contribution in [0.4, 0.5) is 5.69 Å². The van der Waals surface area contributed by atoms with E-state index in [0.717, 1.165) is 11.1 Å². The van der Waals surface area contributed by atoms with E-state index < -0.39 is 18.5 Å². The minimum absolute atomic E-state index is 0.0500. The summed E-state index contributed by atoms with van der Waals surface area (Å²) in [5, 5.41) is 12.4. The van der Waals surface area contributed by atoms with E-state index in [1.54, 1.807) is 6.07 Å². The van der Waals surface area contributed by atoms with E-state index in [4.69, 9.17) is 16.3 Å². The maximum atomic E-state index is 11.9. The number of aryl methyl sites for hydroxylation is 2. The van der Waals surface area contributed by atoms with Crippen LogP contribution < -0.4 is 5.32 Å². The summed E-state index contributed by atoms with van der Waals surface area (Å²) >= 11 is 6.10. The van der Waals surface area contributed by atoms with Gasteiger partial charge in [0.2, 0.25) is 0 Å². The van der Waals surface area contributed by atoms with Gasteiger partial charge in [0.25, 0.3) is 5.91 Å². The van der Waals surface area contributed by atoms with Crippen molar-refractivity contribution in [3.8, 4) is 5.75 Å². The molecule has 23 heavy (non-hydrogen) atoms. The smallest absolute Gasteiger partial charge is 0.338 e. The largest absolute Gasteiger partial charge is 0.508 e. The zero-order valence-electron chi connectivity index (χ0n) is 12.7. The molecule has 0 aliphatic heterocycles. The van der Waals surface area contributed by atoms with Crippen molar-refractivity contribution in [2.75, 3.05) is 11.9 Å². The van der Waals surface area contributed by atoms with Gasteiger partial charge in [-0.25, -0.2) is 4.79 Å². The van der Waals surface area contributed by atoms with Crippen molar-refractivity contribution in [3.63, 3.8) is 0 Å². The van der Waals surface area contributed by atoms with E-state index in [1.165, 1.54) is 24.3 Å². The van der Waals surface area contributed by atoms with Gasteiger partial charge in [0.1, 0.15) is 5.75 Å². The number of halogens is 1. The quantitative estimate of drug-likeness (QED) is 0.840. The van der Waals surface area contributed by atoms with Crippen molar-refractivity contribution in [2.45, 2.75) is 13.8 Å². The minimum Gasteiger partial charge on any atom is -0.508 e. The Hall–Kier alpha value is -2.53. The molecule has 0 saturated heterocycles. The molecule has 0 unspecified atom stereocenters. The van der Waals surface area contributed by atoms with Gasteiger partial charge in [-0.05, 0) is 49.2 Å². The van der Waals surface area contributed by atoms with Crippen molar-refractivity contribution < 1.29 is 19.4 Å². The number of amides is 1. The molecule has 0 radical (unpaired) electrons. The molecule has 0 spiro atoms. The van der Waals surface area contributed by atoms with Crippen LogP contribution in [0.2, 0.25) is 5.02 Å². The fourth-order valence-electron chi connectivity index (χ4n) is 2.10. The van der Waals surface area contributed by atoms with Crippen LogP contribution in [-0.2, 0) is 9.53 Å². The SMILES string of the molecule is Cc1cc(C)c(NC(=O)COC(=O)c2cccc(O)c2)c(Cl)c1. The van der Waals surface area contributed by atoms with Gasteiger partial charge in [-0.1, -0.05) is 23.7 Å². The number of benzene rings is 2. The first-order valence-corrected chi connectivity index (χ1v) is 7.27. The number of nitrogens with one attached hydrogen (secondary N) is 1. The molecular formula is C17H16ClNO4. The van der Waals surface area contributed by atoms with E-state index in [-0.39, 0.29) is 11.3 Å². The molecule has 2 N–H and O–H groups in total. The number of hydrogen-bond donors (Lipinski definition) is 2. The molecule has 2 rings (SSSR count). The van der Waals surface area contributed by atoms with Crippen LogP contribution in [0, 0.1) is 13.8 Å². The third-order valence-corrected chi connectivity index (χ3v) is 3.41. The van der Waals surface area contributed by atoms with Crippen molar-refractivity contribution >= 4 is 29.2 Å². The number of hydrogen-bond acceptors (Lipinski definition) is 4. The molecule has 5 nitrogen and oxygen atoms in total.